The lowest BCUT2D eigenvalue weighted by molar-refractivity contribution is -0.389. The number of hydrogen-bond acceptors (Lipinski definition) is 6. The van der Waals surface area contributed by atoms with Crippen molar-refractivity contribution < 1.29 is 9.72 Å². The number of rotatable bonds is 5. The normalized spacial score (nSPS) is 12.3. The molecule has 0 unspecified atom stereocenters. The summed E-state index contributed by atoms with van der Waals surface area (Å²) in [6.07, 6.45) is 1.58. The fraction of sp³-hybridized carbons (Fsp3) is 0.400. The number of nitrogens with one attached hydrogen (secondary N) is 2. The fourth-order valence-corrected chi connectivity index (χ4v) is 2.35. The van der Waals surface area contributed by atoms with E-state index in [1.165, 1.54) is 15.7 Å². The number of fused-ring (bicyclic) bond motifs is 1. The van der Waals surface area contributed by atoms with E-state index in [4.69, 9.17) is 0 Å². The van der Waals surface area contributed by atoms with Crippen molar-refractivity contribution in [2.24, 2.45) is 0 Å². The molecule has 0 saturated carbocycles. The number of amides is 1. The van der Waals surface area contributed by atoms with Crippen molar-refractivity contribution in [2.75, 3.05) is 11.9 Å². The molecule has 1 atom stereocenters. The summed E-state index contributed by atoms with van der Waals surface area (Å²) >= 11 is 1.29. The van der Waals surface area contributed by atoms with Gasteiger partial charge in [0.2, 0.25) is 11.7 Å². The maximum Gasteiger partial charge on any atom is 0.372 e. The second-order valence-electron chi connectivity index (χ2n) is 3.86. The van der Waals surface area contributed by atoms with Crippen molar-refractivity contribution in [1.29, 1.82) is 0 Å². The molecule has 0 radical (unpaired) electrons. The summed E-state index contributed by atoms with van der Waals surface area (Å²) in [5.41, 5.74) is 0. The van der Waals surface area contributed by atoms with Crippen molar-refractivity contribution in [3.63, 3.8) is 0 Å². The lowest BCUT2D eigenvalue weighted by Gasteiger charge is -2.12. The van der Waals surface area contributed by atoms with E-state index in [1.54, 1.807) is 25.4 Å². The number of aromatic nitrogens is 2. The van der Waals surface area contributed by atoms with E-state index in [1.807, 2.05) is 0 Å². The summed E-state index contributed by atoms with van der Waals surface area (Å²) in [5.74, 6) is -0.281. The number of hydrogen-bond donors (Lipinski definition) is 2. The van der Waals surface area contributed by atoms with Gasteiger partial charge in [0.25, 0.3) is 4.96 Å². The molecule has 2 N–H and O–H groups in total. The maximum atomic E-state index is 11.6. The van der Waals surface area contributed by atoms with Gasteiger partial charge in [-0.2, -0.15) is 9.38 Å². The van der Waals surface area contributed by atoms with Gasteiger partial charge in [-0.3, -0.25) is 4.79 Å². The number of carbonyl (C=O) groups excluding carboxylic acids is 1. The van der Waals surface area contributed by atoms with Crippen LogP contribution in [0.4, 0.5) is 11.6 Å². The molecule has 0 fully saturated rings. The van der Waals surface area contributed by atoms with Gasteiger partial charge in [-0.1, -0.05) is 11.3 Å². The highest BCUT2D eigenvalue weighted by Crippen LogP contribution is 2.28. The molecule has 102 valence electrons. The fourth-order valence-electron chi connectivity index (χ4n) is 1.64. The van der Waals surface area contributed by atoms with Crippen molar-refractivity contribution >= 4 is 33.8 Å². The van der Waals surface area contributed by atoms with Crippen LogP contribution in [0.3, 0.4) is 0 Å². The van der Waals surface area contributed by atoms with Crippen molar-refractivity contribution in [3.8, 4) is 0 Å². The minimum Gasteiger partial charge on any atom is -0.358 e. The van der Waals surface area contributed by atoms with Crippen molar-refractivity contribution in [3.05, 3.63) is 21.7 Å². The zero-order valence-corrected chi connectivity index (χ0v) is 11.2. The number of nitrogens with zero attached hydrogens (tertiary/aromatic N) is 3. The van der Waals surface area contributed by atoms with E-state index in [0.29, 0.717) is 11.5 Å². The molecule has 0 aliphatic heterocycles. The molecular formula is C10H13N5O3S. The number of likely N-dealkylation sites (N-methyl/N-ethyl adjacent to an activating group) is 1. The van der Waals surface area contributed by atoms with Crippen LogP contribution in [0.5, 0.6) is 0 Å². The zero-order valence-electron chi connectivity index (χ0n) is 10.4. The molecule has 0 aliphatic rings. The van der Waals surface area contributed by atoms with Crippen LogP contribution in [0, 0.1) is 10.1 Å². The lowest BCUT2D eigenvalue weighted by Crippen LogP contribution is -2.37. The molecule has 2 aromatic heterocycles. The summed E-state index contributed by atoms with van der Waals surface area (Å²) in [7, 11) is 0. The molecule has 2 aromatic rings. The van der Waals surface area contributed by atoms with Crippen LogP contribution in [0.15, 0.2) is 11.6 Å². The Morgan fingerprint density at radius 3 is 3.05 bits per heavy atom. The predicted molar refractivity (Wildman–Crippen MR) is 71.5 cm³/mol. The summed E-state index contributed by atoms with van der Waals surface area (Å²) in [5, 5.41) is 18.2. The third-order valence-electron chi connectivity index (χ3n) is 2.51. The number of imidazole rings is 1. The summed E-state index contributed by atoms with van der Waals surface area (Å²) in [6.45, 7) is 3.94. The average Bonchev–Trinajstić information content (AvgIpc) is 2.88. The smallest absolute Gasteiger partial charge is 0.358 e. The highest BCUT2D eigenvalue weighted by Gasteiger charge is 2.26. The number of anilines is 1. The standard InChI is InChI=1S/C10H13N5O3S/c1-3-11-8(16)6(2)12-7-9(15(17)18)14-4-5-19-10(14)13-7/h4-6,12H,3H2,1-2H3,(H,11,16)/t6-/m0/s1. The van der Waals surface area contributed by atoms with Crippen molar-refractivity contribution in [1.82, 2.24) is 14.7 Å². The minimum absolute atomic E-state index is 0.107. The molecule has 0 aromatic carbocycles. The Morgan fingerprint density at radius 2 is 2.42 bits per heavy atom. The third kappa shape index (κ3) is 2.50. The lowest BCUT2D eigenvalue weighted by atomic mass is 10.3. The third-order valence-corrected chi connectivity index (χ3v) is 3.26. The molecule has 0 saturated heterocycles. The summed E-state index contributed by atoms with van der Waals surface area (Å²) in [4.78, 5) is 26.8. The second-order valence-corrected chi connectivity index (χ2v) is 4.73. The van der Waals surface area contributed by atoms with Gasteiger partial charge in [-0.15, -0.1) is 0 Å². The topological polar surface area (TPSA) is 102 Å². The Hall–Kier alpha value is -2.16. The molecule has 19 heavy (non-hydrogen) atoms. The van der Waals surface area contributed by atoms with Gasteiger partial charge in [0.1, 0.15) is 12.2 Å². The Labute approximate surface area is 112 Å². The van der Waals surface area contributed by atoms with Crippen LogP contribution in [-0.4, -0.2) is 32.8 Å². The van der Waals surface area contributed by atoms with Gasteiger partial charge in [-0.05, 0) is 18.8 Å². The maximum absolute atomic E-state index is 11.6. The van der Waals surface area contributed by atoms with Crippen LogP contribution in [0.2, 0.25) is 0 Å². The first-order chi connectivity index (χ1) is 9.04. The first-order valence-corrected chi connectivity index (χ1v) is 6.56. The minimum atomic E-state index is -0.594. The van der Waals surface area contributed by atoms with Crippen LogP contribution in [0.1, 0.15) is 13.8 Å². The number of thiazole rings is 1. The molecule has 8 nitrogen and oxygen atoms in total. The Bertz CT molecular complexity index is 620. The summed E-state index contributed by atoms with van der Waals surface area (Å²) < 4.78 is 1.39. The Morgan fingerprint density at radius 1 is 1.68 bits per heavy atom. The van der Waals surface area contributed by atoms with E-state index < -0.39 is 11.0 Å². The highest BCUT2D eigenvalue weighted by atomic mass is 32.1. The van der Waals surface area contributed by atoms with E-state index in [9.17, 15) is 14.9 Å². The second kappa shape index (κ2) is 5.22. The van der Waals surface area contributed by atoms with E-state index in [2.05, 4.69) is 15.6 Å². The van der Waals surface area contributed by atoms with Crippen LogP contribution in [0.25, 0.3) is 4.96 Å². The SMILES string of the molecule is CCNC(=O)[C@H](C)Nc1nc2sccn2c1[N+](=O)[O-]. The van der Waals surface area contributed by atoms with Gasteiger partial charge in [-0.25, -0.2) is 0 Å². The van der Waals surface area contributed by atoms with Crippen LogP contribution >= 0.6 is 11.3 Å². The predicted octanol–water partition coefficient (Wildman–Crippen LogP) is 1.24. The molecule has 0 spiro atoms. The van der Waals surface area contributed by atoms with Gasteiger partial charge in [0.15, 0.2) is 0 Å². The Kier molecular flexibility index (Phi) is 3.65. The zero-order chi connectivity index (χ0) is 14.0. The number of carbonyl (C=O) groups is 1. The van der Waals surface area contributed by atoms with Gasteiger partial charge >= 0.3 is 5.82 Å². The average molecular weight is 283 g/mol. The Balaban J connectivity index is 2.29. The molecule has 9 heteroatoms. The van der Waals surface area contributed by atoms with E-state index in [-0.39, 0.29) is 17.5 Å². The monoisotopic (exact) mass is 283 g/mol. The largest absolute Gasteiger partial charge is 0.372 e. The van der Waals surface area contributed by atoms with E-state index in [0.717, 1.165) is 0 Å². The quantitative estimate of drug-likeness (QED) is 0.635. The highest BCUT2D eigenvalue weighted by molar-refractivity contribution is 7.15. The molecule has 2 heterocycles. The van der Waals surface area contributed by atoms with Crippen LogP contribution < -0.4 is 10.6 Å². The molecule has 2 rings (SSSR count). The molecule has 0 aliphatic carbocycles. The van der Waals surface area contributed by atoms with Crippen LogP contribution in [-0.2, 0) is 4.79 Å². The first kappa shape index (κ1) is 13.3. The van der Waals surface area contributed by atoms with Gasteiger partial charge < -0.3 is 20.7 Å². The molecule has 0 bridgehead atoms. The van der Waals surface area contributed by atoms with Gasteiger partial charge in [0, 0.05) is 11.9 Å². The first-order valence-electron chi connectivity index (χ1n) is 5.68. The molecular weight excluding hydrogens is 270 g/mol. The number of nitro groups is 1. The summed E-state index contributed by atoms with van der Waals surface area (Å²) in [6, 6.07) is -0.594. The molecule has 1 amide bonds. The van der Waals surface area contributed by atoms with Gasteiger partial charge in [0.05, 0.1) is 0 Å². The van der Waals surface area contributed by atoms with E-state index >= 15 is 0 Å². The van der Waals surface area contributed by atoms with Crippen molar-refractivity contribution in [2.45, 2.75) is 19.9 Å².